The van der Waals surface area contributed by atoms with Crippen LogP contribution >= 0.6 is 22.6 Å². The molecule has 66 valence electrons. The molecule has 0 aliphatic carbocycles. The summed E-state index contributed by atoms with van der Waals surface area (Å²) < 4.78 is 4.35. The number of hydrogen-bond donors (Lipinski definition) is 1. The zero-order chi connectivity index (χ0) is 8.85. The third kappa shape index (κ3) is 3.91. The second-order valence-electron chi connectivity index (χ2n) is 2.27. The zero-order valence-corrected chi connectivity index (χ0v) is 8.87. The second-order valence-corrected chi connectivity index (χ2v) is 3.87. The number of aliphatic hydroxyl groups excluding tert-OH is 1. The first-order valence-corrected chi connectivity index (χ1v) is 4.78. The van der Waals surface area contributed by atoms with Crippen LogP contribution < -0.4 is 0 Å². The van der Waals surface area contributed by atoms with E-state index in [0.29, 0.717) is 0 Å². The topological polar surface area (TPSA) is 46.5 Å². The predicted octanol–water partition coefficient (Wildman–Crippen LogP) is 1.12. The van der Waals surface area contributed by atoms with Gasteiger partial charge in [0.25, 0.3) is 0 Å². The van der Waals surface area contributed by atoms with Gasteiger partial charge in [0.15, 0.2) is 6.10 Å². The molecular weight excluding hydrogens is 259 g/mol. The van der Waals surface area contributed by atoms with E-state index in [0.717, 1.165) is 12.8 Å². The summed E-state index contributed by atoms with van der Waals surface area (Å²) in [7, 11) is 1.28. The molecule has 0 aromatic heterocycles. The quantitative estimate of drug-likeness (QED) is 0.474. The average molecular weight is 272 g/mol. The van der Waals surface area contributed by atoms with Gasteiger partial charge in [-0.05, 0) is 6.42 Å². The Kier molecular flexibility index (Phi) is 5.85. The highest BCUT2D eigenvalue weighted by molar-refractivity contribution is 14.1. The lowest BCUT2D eigenvalue weighted by atomic mass is 10.2. The molecule has 0 radical (unpaired) electrons. The van der Waals surface area contributed by atoms with Crippen LogP contribution in [0.25, 0.3) is 0 Å². The molecule has 11 heavy (non-hydrogen) atoms. The molecule has 0 aromatic rings. The van der Waals surface area contributed by atoms with Gasteiger partial charge in [-0.25, -0.2) is 4.79 Å². The molecule has 0 aliphatic rings. The van der Waals surface area contributed by atoms with Gasteiger partial charge in [-0.3, -0.25) is 0 Å². The molecule has 0 aliphatic heterocycles. The van der Waals surface area contributed by atoms with Crippen LogP contribution in [0.2, 0.25) is 0 Å². The number of ether oxygens (including phenoxy) is 1. The van der Waals surface area contributed by atoms with Crippen LogP contribution in [-0.2, 0) is 9.53 Å². The third-order valence-electron chi connectivity index (χ3n) is 1.35. The molecule has 0 fully saturated rings. The summed E-state index contributed by atoms with van der Waals surface area (Å²) in [6.07, 6.45) is 0.818. The van der Waals surface area contributed by atoms with Crippen molar-refractivity contribution in [1.82, 2.24) is 0 Å². The van der Waals surface area contributed by atoms with Crippen LogP contribution in [0.5, 0.6) is 0 Å². The Labute approximate surface area is 80.3 Å². The fraction of sp³-hybridized carbons (Fsp3) is 0.857. The van der Waals surface area contributed by atoms with E-state index in [1.807, 2.05) is 6.92 Å². The van der Waals surface area contributed by atoms with Crippen LogP contribution in [0.15, 0.2) is 0 Å². The fourth-order valence-electron chi connectivity index (χ4n) is 0.702. The van der Waals surface area contributed by atoms with Crippen molar-refractivity contribution >= 4 is 28.6 Å². The second kappa shape index (κ2) is 5.77. The maximum absolute atomic E-state index is 10.8. The van der Waals surface area contributed by atoms with Crippen LogP contribution in [-0.4, -0.2) is 28.2 Å². The Morgan fingerprint density at radius 1 is 1.73 bits per heavy atom. The van der Waals surface area contributed by atoms with Crippen molar-refractivity contribution in [2.24, 2.45) is 0 Å². The lowest BCUT2D eigenvalue weighted by Gasteiger charge is -2.13. The first kappa shape index (κ1) is 11.2. The van der Waals surface area contributed by atoms with Gasteiger partial charge in [0.05, 0.1) is 7.11 Å². The monoisotopic (exact) mass is 272 g/mol. The van der Waals surface area contributed by atoms with E-state index < -0.39 is 12.1 Å². The molecule has 0 bridgehead atoms. The first-order chi connectivity index (χ1) is 5.13. The summed E-state index contributed by atoms with van der Waals surface area (Å²) in [5.74, 6) is -0.544. The highest BCUT2D eigenvalue weighted by Crippen LogP contribution is 2.13. The minimum Gasteiger partial charge on any atom is -0.467 e. The Morgan fingerprint density at radius 2 is 2.27 bits per heavy atom. The summed E-state index contributed by atoms with van der Waals surface area (Å²) >= 11 is 2.06. The Balaban J connectivity index is 3.80. The lowest BCUT2D eigenvalue weighted by Crippen LogP contribution is -2.30. The smallest absolute Gasteiger partial charge is 0.335 e. The Bertz CT molecular complexity index is 127. The van der Waals surface area contributed by atoms with Gasteiger partial charge < -0.3 is 9.84 Å². The highest BCUT2D eigenvalue weighted by atomic mass is 127. The first-order valence-electron chi connectivity index (χ1n) is 3.53. The maximum atomic E-state index is 10.8. The maximum Gasteiger partial charge on any atom is 0.335 e. The summed E-state index contributed by atoms with van der Waals surface area (Å²) in [5.41, 5.74) is 0. The molecule has 0 rings (SSSR count). The Morgan fingerprint density at radius 3 is 2.64 bits per heavy atom. The van der Waals surface area contributed by atoms with Crippen molar-refractivity contribution < 1.29 is 14.6 Å². The number of rotatable bonds is 4. The van der Waals surface area contributed by atoms with Crippen LogP contribution in [0.3, 0.4) is 0 Å². The van der Waals surface area contributed by atoms with Crippen molar-refractivity contribution in [1.29, 1.82) is 0 Å². The van der Waals surface area contributed by atoms with Crippen molar-refractivity contribution in [3.8, 4) is 0 Å². The van der Waals surface area contributed by atoms with Gasteiger partial charge in [-0.2, -0.15) is 0 Å². The van der Waals surface area contributed by atoms with Crippen molar-refractivity contribution in [3.63, 3.8) is 0 Å². The largest absolute Gasteiger partial charge is 0.467 e. The zero-order valence-electron chi connectivity index (χ0n) is 6.71. The van der Waals surface area contributed by atoms with Gasteiger partial charge >= 0.3 is 5.97 Å². The number of halogens is 1. The molecule has 0 heterocycles. The summed E-state index contributed by atoms with van der Waals surface area (Å²) in [4.78, 5) is 10.8. The molecule has 2 unspecified atom stereocenters. The van der Waals surface area contributed by atoms with E-state index in [-0.39, 0.29) is 3.92 Å². The van der Waals surface area contributed by atoms with E-state index in [2.05, 4.69) is 27.3 Å². The van der Waals surface area contributed by atoms with Gasteiger partial charge in [0.1, 0.15) is 0 Å². The van der Waals surface area contributed by atoms with E-state index >= 15 is 0 Å². The SMILES string of the molecule is CCCC(I)C(O)C(=O)OC. The number of alkyl halides is 1. The number of carbonyl (C=O) groups excluding carboxylic acids is 1. The van der Waals surface area contributed by atoms with Crippen LogP contribution in [0, 0.1) is 0 Å². The standard InChI is InChI=1S/C7H13IO3/c1-3-4-5(8)6(9)7(10)11-2/h5-6,9H,3-4H2,1-2H3. The molecule has 4 heteroatoms. The summed E-state index contributed by atoms with van der Waals surface area (Å²) in [5, 5.41) is 9.24. The lowest BCUT2D eigenvalue weighted by molar-refractivity contribution is -0.150. The van der Waals surface area contributed by atoms with E-state index in [4.69, 9.17) is 0 Å². The number of esters is 1. The predicted molar refractivity (Wildman–Crippen MR) is 50.7 cm³/mol. The molecule has 3 nitrogen and oxygen atoms in total. The van der Waals surface area contributed by atoms with Crippen molar-refractivity contribution in [2.75, 3.05) is 7.11 Å². The van der Waals surface area contributed by atoms with Crippen LogP contribution in [0.1, 0.15) is 19.8 Å². The molecular formula is C7H13IO3. The third-order valence-corrected chi connectivity index (χ3v) is 2.65. The van der Waals surface area contributed by atoms with E-state index in [9.17, 15) is 9.90 Å². The summed E-state index contributed by atoms with van der Waals surface area (Å²) in [6.45, 7) is 2.01. The Hall–Kier alpha value is 0.160. The normalized spacial score (nSPS) is 15.6. The highest BCUT2D eigenvalue weighted by Gasteiger charge is 2.23. The molecule has 0 aromatic carbocycles. The van der Waals surface area contributed by atoms with Gasteiger partial charge in [-0.15, -0.1) is 0 Å². The minimum absolute atomic E-state index is 0.0370. The number of carbonyl (C=O) groups is 1. The molecule has 1 N–H and O–H groups in total. The molecule has 0 spiro atoms. The van der Waals surface area contributed by atoms with Crippen molar-refractivity contribution in [3.05, 3.63) is 0 Å². The fourth-order valence-corrected chi connectivity index (χ4v) is 1.62. The van der Waals surface area contributed by atoms with E-state index in [1.54, 1.807) is 0 Å². The van der Waals surface area contributed by atoms with Gasteiger partial charge in [0.2, 0.25) is 0 Å². The molecule has 0 saturated carbocycles. The van der Waals surface area contributed by atoms with Gasteiger partial charge in [-0.1, -0.05) is 35.9 Å². The van der Waals surface area contributed by atoms with Crippen molar-refractivity contribution in [2.45, 2.75) is 29.8 Å². The van der Waals surface area contributed by atoms with Crippen LogP contribution in [0.4, 0.5) is 0 Å². The molecule has 0 amide bonds. The molecule has 2 atom stereocenters. The van der Waals surface area contributed by atoms with E-state index in [1.165, 1.54) is 7.11 Å². The number of aliphatic hydroxyl groups is 1. The number of hydrogen-bond acceptors (Lipinski definition) is 3. The summed E-state index contributed by atoms with van der Waals surface area (Å²) in [6, 6.07) is 0. The number of methoxy groups -OCH3 is 1. The molecule has 0 saturated heterocycles. The average Bonchev–Trinajstić information content (AvgIpc) is 2.02. The minimum atomic E-state index is -0.972. The van der Waals surface area contributed by atoms with Gasteiger partial charge in [0, 0.05) is 3.92 Å².